The van der Waals surface area contributed by atoms with Crippen LogP contribution >= 0.6 is 12.6 Å². The van der Waals surface area contributed by atoms with Crippen LogP contribution in [0.2, 0.25) is 0 Å². The zero-order chi connectivity index (χ0) is 16.0. The van der Waals surface area contributed by atoms with Gasteiger partial charge >= 0.3 is 0 Å². The van der Waals surface area contributed by atoms with Gasteiger partial charge in [0.05, 0.1) is 5.54 Å². The molecule has 5 nitrogen and oxygen atoms in total. The highest BCUT2D eigenvalue weighted by Gasteiger charge is 2.76. The van der Waals surface area contributed by atoms with Crippen LogP contribution in [0.15, 0.2) is 12.7 Å². The van der Waals surface area contributed by atoms with Crippen LogP contribution in [-0.4, -0.2) is 58.1 Å². The average molecular weight is 327 g/mol. The summed E-state index contributed by atoms with van der Waals surface area (Å²) in [5.74, 6) is 0.795. The van der Waals surface area contributed by atoms with Crippen molar-refractivity contribution in [1.29, 1.82) is 0 Å². The van der Waals surface area contributed by atoms with Gasteiger partial charge in [-0.3, -0.25) is 15.5 Å². The highest BCUT2D eigenvalue weighted by atomic mass is 32.1. The maximum atomic E-state index is 11.0. The number of aliphatic hydroxyl groups is 1. The van der Waals surface area contributed by atoms with E-state index in [0.29, 0.717) is 0 Å². The molecule has 0 amide bonds. The van der Waals surface area contributed by atoms with E-state index in [-0.39, 0.29) is 23.5 Å². The lowest BCUT2D eigenvalue weighted by atomic mass is 9.95. The molecule has 3 aliphatic rings. The van der Waals surface area contributed by atoms with Gasteiger partial charge in [-0.2, -0.15) is 12.6 Å². The molecule has 2 aliphatic heterocycles. The molecule has 1 aliphatic carbocycles. The molecular formula is C16H29N3O2S. The maximum absolute atomic E-state index is 11.0. The number of nitrogens with zero attached hydrogens (tertiary/aromatic N) is 1. The molecule has 0 bridgehead atoms. The zero-order valence-corrected chi connectivity index (χ0v) is 14.5. The molecule has 2 unspecified atom stereocenters. The zero-order valence-electron chi connectivity index (χ0n) is 13.6. The molecule has 0 aromatic carbocycles. The van der Waals surface area contributed by atoms with Crippen molar-refractivity contribution in [2.24, 2.45) is 0 Å². The highest BCUT2D eigenvalue weighted by Crippen LogP contribution is 2.60. The Hall–Kier alpha value is -0.110. The van der Waals surface area contributed by atoms with Crippen LogP contribution in [-0.2, 0) is 4.74 Å². The van der Waals surface area contributed by atoms with E-state index in [9.17, 15) is 5.11 Å². The molecule has 3 N–H and O–H groups in total. The van der Waals surface area contributed by atoms with Gasteiger partial charge in [-0.1, -0.05) is 12.5 Å². The Balaban J connectivity index is 1.73. The first kappa shape index (κ1) is 16.7. The lowest BCUT2D eigenvalue weighted by Crippen LogP contribution is -2.59. The summed E-state index contributed by atoms with van der Waals surface area (Å²) in [5, 5.41) is 17.8. The van der Waals surface area contributed by atoms with Crippen LogP contribution in [0.3, 0.4) is 0 Å². The Morgan fingerprint density at radius 1 is 1.55 bits per heavy atom. The third-order valence-electron chi connectivity index (χ3n) is 5.52. The Morgan fingerprint density at radius 2 is 2.32 bits per heavy atom. The van der Waals surface area contributed by atoms with Crippen LogP contribution in [0, 0.1) is 0 Å². The van der Waals surface area contributed by atoms with Gasteiger partial charge in [-0.25, -0.2) is 0 Å². The van der Waals surface area contributed by atoms with Crippen molar-refractivity contribution >= 4 is 12.6 Å². The van der Waals surface area contributed by atoms with Crippen molar-refractivity contribution in [3.63, 3.8) is 0 Å². The standard InChI is InChI=1S/C16H29N3O2S/c1-4-12(2)18-16(20)11-15(16)7-5-6-9-19(15)14(3)13(21-14)17-8-10-22/h4,12-13,17-18,20,22H,1,5-11H2,2-3H3/t12-,13-,14?,15-,16?/m0/s1. The number of nitrogens with one attached hydrogen (secondary N) is 2. The Kier molecular flexibility index (Phi) is 4.38. The maximum Gasteiger partial charge on any atom is 0.161 e. The van der Waals surface area contributed by atoms with Gasteiger partial charge in [0.25, 0.3) is 0 Å². The molecule has 3 fully saturated rings. The SMILES string of the molecule is C=C[C@H](C)NC1(O)C[C@@]12CCCCN2C1(C)O[C@@H]1NCCS. The number of likely N-dealkylation sites (tertiary alicyclic amines) is 1. The van der Waals surface area contributed by atoms with Gasteiger partial charge in [0.2, 0.25) is 0 Å². The van der Waals surface area contributed by atoms with Crippen LogP contribution < -0.4 is 10.6 Å². The summed E-state index contributed by atoms with van der Waals surface area (Å²) in [4.78, 5) is 2.39. The fourth-order valence-electron chi connectivity index (χ4n) is 4.13. The normalized spacial score (nSPS) is 45.7. The second-order valence-electron chi connectivity index (χ2n) is 7.08. The number of rotatable bonds is 7. The number of epoxide rings is 1. The number of hydrogen-bond donors (Lipinski definition) is 4. The summed E-state index contributed by atoms with van der Waals surface area (Å²) in [5.41, 5.74) is -1.34. The van der Waals surface area contributed by atoms with E-state index in [1.807, 2.05) is 13.0 Å². The minimum absolute atomic E-state index is 0.0382. The molecule has 5 atom stereocenters. The van der Waals surface area contributed by atoms with E-state index in [0.717, 1.165) is 44.5 Å². The first-order valence-electron chi connectivity index (χ1n) is 8.34. The van der Waals surface area contributed by atoms with E-state index in [1.165, 1.54) is 0 Å². The van der Waals surface area contributed by atoms with Crippen molar-refractivity contribution in [3.05, 3.63) is 12.7 Å². The quantitative estimate of drug-likeness (QED) is 0.244. The van der Waals surface area contributed by atoms with Gasteiger partial charge in [0, 0.05) is 31.3 Å². The third-order valence-corrected chi connectivity index (χ3v) is 5.74. The summed E-state index contributed by atoms with van der Waals surface area (Å²) < 4.78 is 5.97. The lowest BCUT2D eigenvalue weighted by Gasteiger charge is -2.42. The van der Waals surface area contributed by atoms with E-state index < -0.39 is 5.72 Å². The monoisotopic (exact) mass is 327 g/mol. The summed E-state index contributed by atoms with van der Waals surface area (Å²) in [7, 11) is 0. The molecule has 1 saturated carbocycles. The number of piperidine rings is 1. The van der Waals surface area contributed by atoms with E-state index in [2.05, 4.69) is 41.7 Å². The predicted molar refractivity (Wildman–Crippen MR) is 90.8 cm³/mol. The van der Waals surface area contributed by atoms with Gasteiger partial charge in [-0.05, 0) is 26.7 Å². The summed E-state index contributed by atoms with van der Waals surface area (Å²) >= 11 is 4.24. The molecule has 0 aromatic rings. The minimum Gasteiger partial charge on any atom is -0.374 e. The van der Waals surface area contributed by atoms with E-state index in [1.54, 1.807) is 0 Å². The van der Waals surface area contributed by atoms with Crippen molar-refractivity contribution in [1.82, 2.24) is 15.5 Å². The fraction of sp³-hybridized carbons (Fsp3) is 0.875. The molecule has 126 valence electrons. The van der Waals surface area contributed by atoms with E-state index in [4.69, 9.17) is 4.74 Å². The molecule has 3 rings (SSSR count). The molecule has 0 aromatic heterocycles. The van der Waals surface area contributed by atoms with Crippen LogP contribution in [0.25, 0.3) is 0 Å². The Morgan fingerprint density at radius 3 is 3.00 bits per heavy atom. The van der Waals surface area contributed by atoms with Gasteiger partial charge < -0.3 is 9.84 Å². The number of thiol groups is 1. The van der Waals surface area contributed by atoms with Crippen molar-refractivity contribution in [3.8, 4) is 0 Å². The number of ether oxygens (including phenoxy) is 1. The van der Waals surface area contributed by atoms with Crippen molar-refractivity contribution in [2.45, 2.75) is 68.8 Å². The molecule has 6 heteroatoms. The van der Waals surface area contributed by atoms with Gasteiger partial charge in [-0.15, -0.1) is 6.58 Å². The smallest absolute Gasteiger partial charge is 0.161 e. The first-order chi connectivity index (χ1) is 10.4. The Bertz CT molecular complexity index is 451. The van der Waals surface area contributed by atoms with Crippen LogP contribution in [0.1, 0.15) is 39.5 Å². The first-order valence-corrected chi connectivity index (χ1v) is 8.97. The molecule has 0 radical (unpaired) electrons. The molecular weight excluding hydrogens is 298 g/mol. The van der Waals surface area contributed by atoms with Gasteiger partial charge in [0.15, 0.2) is 12.0 Å². The number of hydrogen-bond acceptors (Lipinski definition) is 6. The second-order valence-corrected chi connectivity index (χ2v) is 7.52. The highest BCUT2D eigenvalue weighted by molar-refractivity contribution is 7.80. The van der Waals surface area contributed by atoms with Crippen LogP contribution in [0.4, 0.5) is 0 Å². The fourth-order valence-corrected chi connectivity index (χ4v) is 4.26. The van der Waals surface area contributed by atoms with Crippen LogP contribution in [0.5, 0.6) is 0 Å². The minimum atomic E-state index is -0.829. The summed E-state index contributed by atoms with van der Waals surface area (Å²) in [6.07, 6.45) is 5.97. The molecule has 2 saturated heterocycles. The summed E-state index contributed by atoms with van der Waals surface area (Å²) in [6, 6.07) is 0.0965. The predicted octanol–water partition coefficient (Wildman–Crippen LogP) is 1.06. The Labute approximate surface area is 138 Å². The van der Waals surface area contributed by atoms with E-state index >= 15 is 0 Å². The third kappa shape index (κ3) is 2.54. The lowest BCUT2D eigenvalue weighted by molar-refractivity contribution is -0.0493. The average Bonchev–Trinajstić information content (AvgIpc) is 3.32. The molecule has 2 heterocycles. The topological polar surface area (TPSA) is 60.1 Å². The molecule has 22 heavy (non-hydrogen) atoms. The van der Waals surface area contributed by atoms with Crippen molar-refractivity contribution in [2.75, 3.05) is 18.8 Å². The molecule has 1 spiro atoms. The van der Waals surface area contributed by atoms with Crippen molar-refractivity contribution < 1.29 is 9.84 Å². The summed E-state index contributed by atoms with van der Waals surface area (Å²) in [6.45, 7) is 9.77. The second kappa shape index (κ2) is 5.76. The van der Waals surface area contributed by atoms with Gasteiger partial charge in [0.1, 0.15) is 5.72 Å². The largest absolute Gasteiger partial charge is 0.374 e.